The number of carbonyl (C=O) groups excluding carboxylic acids is 1. The Bertz CT molecular complexity index is 446. The van der Waals surface area contributed by atoms with Crippen LogP contribution in [0.1, 0.15) is 25.8 Å². The first-order valence-electron chi connectivity index (χ1n) is 6.09. The van der Waals surface area contributed by atoms with E-state index >= 15 is 0 Å². The van der Waals surface area contributed by atoms with E-state index in [2.05, 4.69) is 5.32 Å². The molecule has 3 N–H and O–H groups in total. The minimum atomic E-state index is -1.28. The Morgan fingerprint density at radius 2 is 1.89 bits per heavy atom. The number of aliphatic hydroxyl groups excluding tert-OH is 1. The molecule has 2 atom stereocenters. The second kappa shape index (κ2) is 6.33. The molecule has 0 saturated carbocycles. The van der Waals surface area contributed by atoms with Crippen molar-refractivity contribution in [3.05, 3.63) is 35.9 Å². The molecule has 5 nitrogen and oxygen atoms in total. The monoisotopic (exact) mass is 265 g/mol. The van der Waals surface area contributed by atoms with E-state index in [9.17, 15) is 14.7 Å². The van der Waals surface area contributed by atoms with Crippen LogP contribution in [-0.4, -0.2) is 34.7 Å². The maximum atomic E-state index is 11.8. The molecular weight excluding hydrogens is 246 g/mol. The third-order valence-corrected chi connectivity index (χ3v) is 3.08. The second-order valence-electron chi connectivity index (χ2n) is 4.83. The lowest BCUT2D eigenvalue weighted by Gasteiger charge is -2.25. The molecule has 0 spiro atoms. The average Bonchev–Trinajstić information content (AvgIpc) is 2.39. The van der Waals surface area contributed by atoms with Gasteiger partial charge in [0.15, 0.2) is 0 Å². The first kappa shape index (κ1) is 15.2. The minimum Gasteiger partial charge on any atom is -0.481 e. The van der Waals surface area contributed by atoms with Crippen LogP contribution in [0.2, 0.25) is 0 Å². The van der Waals surface area contributed by atoms with E-state index in [1.54, 1.807) is 37.3 Å². The fourth-order valence-corrected chi connectivity index (χ4v) is 1.80. The fraction of sp³-hybridized carbons (Fsp3) is 0.429. The summed E-state index contributed by atoms with van der Waals surface area (Å²) in [5.41, 5.74) is -0.699. The SMILES string of the molecule is C[C@@H](CO)NC(=O)CC(C)(C(=O)O)c1ccccc1. The zero-order valence-electron chi connectivity index (χ0n) is 11.1. The van der Waals surface area contributed by atoms with Gasteiger partial charge in [0, 0.05) is 12.5 Å². The molecule has 0 fully saturated rings. The number of carbonyl (C=O) groups is 2. The number of hydrogen-bond acceptors (Lipinski definition) is 3. The number of carboxylic acid groups (broad SMARTS) is 1. The van der Waals surface area contributed by atoms with Crippen molar-refractivity contribution in [2.45, 2.75) is 31.7 Å². The Morgan fingerprint density at radius 1 is 1.32 bits per heavy atom. The lowest BCUT2D eigenvalue weighted by atomic mass is 9.79. The molecule has 0 bridgehead atoms. The summed E-state index contributed by atoms with van der Waals surface area (Å²) in [7, 11) is 0. The van der Waals surface area contributed by atoms with Gasteiger partial charge in [0.25, 0.3) is 0 Å². The van der Waals surface area contributed by atoms with Gasteiger partial charge >= 0.3 is 5.97 Å². The van der Waals surface area contributed by atoms with Crippen LogP contribution < -0.4 is 5.32 Å². The van der Waals surface area contributed by atoms with E-state index in [0.29, 0.717) is 5.56 Å². The number of benzene rings is 1. The predicted octanol–water partition coefficient (Wildman–Crippen LogP) is 0.916. The number of rotatable bonds is 6. The van der Waals surface area contributed by atoms with Crippen LogP contribution in [0.4, 0.5) is 0 Å². The summed E-state index contributed by atoms with van der Waals surface area (Å²) in [6.45, 7) is 2.99. The van der Waals surface area contributed by atoms with Crippen LogP contribution >= 0.6 is 0 Å². The van der Waals surface area contributed by atoms with Crippen molar-refractivity contribution in [2.75, 3.05) is 6.61 Å². The molecule has 1 aromatic carbocycles. The number of amides is 1. The quantitative estimate of drug-likeness (QED) is 0.713. The van der Waals surface area contributed by atoms with Gasteiger partial charge in [0.05, 0.1) is 12.0 Å². The zero-order chi connectivity index (χ0) is 14.5. The molecule has 5 heteroatoms. The van der Waals surface area contributed by atoms with Crippen LogP contribution in [-0.2, 0) is 15.0 Å². The predicted molar refractivity (Wildman–Crippen MR) is 70.7 cm³/mol. The molecule has 1 rings (SSSR count). The van der Waals surface area contributed by atoms with Crippen LogP contribution in [0.5, 0.6) is 0 Å². The van der Waals surface area contributed by atoms with Crippen molar-refractivity contribution < 1.29 is 19.8 Å². The van der Waals surface area contributed by atoms with Crippen molar-refractivity contribution in [3.8, 4) is 0 Å². The lowest BCUT2D eigenvalue weighted by molar-refractivity contribution is -0.145. The third kappa shape index (κ3) is 3.79. The molecule has 19 heavy (non-hydrogen) atoms. The van der Waals surface area contributed by atoms with Crippen molar-refractivity contribution in [3.63, 3.8) is 0 Å². The van der Waals surface area contributed by atoms with Crippen molar-refractivity contribution >= 4 is 11.9 Å². The molecule has 1 unspecified atom stereocenters. The zero-order valence-corrected chi connectivity index (χ0v) is 11.1. The highest BCUT2D eigenvalue weighted by Gasteiger charge is 2.37. The summed E-state index contributed by atoms with van der Waals surface area (Å²) < 4.78 is 0. The van der Waals surface area contributed by atoms with Gasteiger partial charge in [-0.25, -0.2) is 0 Å². The van der Waals surface area contributed by atoms with Gasteiger partial charge in [0.1, 0.15) is 0 Å². The van der Waals surface area contributed by atoms with Crippen LogP contribution in [0, 0.1) is 0 Å². The Balaban J connectivity index is 2.90. The Labute approximate surface area is 112 Å². The van der Waals surface area contributed by atoms with E-state index in [4.69, 9.17) is 5.11 Å². The maximum Gasteiger partial charge on any atom is 0.314 e. The van der Waals surface area contributed by atoms with E-state index < -0.39 is 17.3 Å². The maximum absolute atomic E-state index is 11.8. The fourth-order valence-electron chi connectivity index (χ4n) is 1.80. The number of carboxylic acids is 1. The molecule has 104 valence electrons. The number of aliphatic carboxylic acids is 1. The Morgan fingerprint density at radius 3 is 2.37 bits per heavy atom. The number of aliphatic hydroxyl groups is 1. The molecule has 1 aromatic rings. The highest BCUT2D eigenvalue weighted by molar-refractivity contribution is 5.89. The van der Waals surface area contributed by atoms with E-state index in [-0.39, 0.29) is 19.1 Å². The van der Waals surface area contributed by atoms with Crippen LogP contribution in [0.25, 0.3) is 0 Å². The molecule has 0 heterocycles. The smallest absolute Gasteiger partial charge is 0.314 e. The molecule has 0 aliphatic rings. The largest absolute Gasteiger partial charge is 0.481 e. The first-order valence-corrected chi connectivity index (χ1v) is 6.09. The lowest BCUT2D eigenvalue weighted by Crippen LogP contribution is -2.42. The van der Waals surface area contributed by atoms with Crippen molar-refractivity contribution in [2.24, 2.45) is 0 Å². The van der Waals surface area contributed by atoms with Gasteiger partial charge in [-0.05, 0) is 19.4 Å². The van der Waals surface area contributed by atoms with Crippen molar-refractivity contribution in [1.29, 1.82) is 0 Å². The van der Waals surface area contributed by atoms with E-state index in [1.165, 1.54) is 6.92 Å². The molecule has 0 saturated heterocycles. The number of nitrogens with one attached hydrogen (secondary N) is 1. The minimum absolute atomic E-state index is 0.170. The van der Waals surface area contributed by atoms with Crippen LogP contribution in [0.15, 0.2) is 30.3 Å². The normalized spacial score (nSPS) is 15.3. The van der Waals surface area contributed by atoms with Gasteiger partial charge in [-0.1, -0.05) is 30.3 Å². The summed E-state index contributed by atoms with van der Waals surface area (Å²) in [5.74, 6) is -1.44. The molecule has 0 aliphatic carbocycles. The van der Waals surface area contributed by atoms with E-state index in [1.807, 2.05) is 0 Å². The summed E-state index contributed by atoms with van der Waals surface area (Å²) >= 11 is 0. The highest BCUT2D eigenvalue weighted by atomic mass is 16.4. The summed E-state index contributed by atoms with van der Waals surface area (Å²) in [6, 6.07) is 8.27. The van der Waals surface area contributed by atoms with Gasteiger partial charge in [0.2, 0.25) is 5.91 Å². The topological polar surface area (TPSA) is 86.6 Å². The van der Waals surface area contributed by atoms with Crippen molar-refractivity contribution in [1.82, 2.24) is 5.32 Å². The van der Waals surface area contributed by atoms with Crippen LogP contribution in [0.3, 0.4) is 0 Å². The van der Waals surface area contributed by atoms with Gasteiger partial charge in [-0.2, -0.15) is 0 Å². The van der Waals surface area contributed by atoms with Gasteiger partial charge in [-0.15, -0.1) is 0 Å². The third-order valence-electron chi connectivity index (χ3n) is 3.08. The molecule has 1 amide bonds. The average molecular weight is 265 g/mol. The molecule has 0 aliphatic heterocycles. The van der Waals surface area contributed by atoms with E-state index in [0.717, 1.165) is 0 Å². The number of hydrogen-bond donors (Lipinski definition) is 3. The standard InChI is InChI=1S/C14H19NO4/c1-10(9-16)15-12(17)8-14(2,13(18)19)11-6-4-3-5-7-11/h3-7,10,16H,8-9H2,1-2H3,(H,15,17)(H,18,19)/t10-,14?/m0/s1. The van der Waals surface area contributed by atoms with Gasteiger partial charge in [-0.3, -0.25) is 9.59 Å². The second-order valence-corrected chi connectivity index (χ2v) is 4.83. The molecular formula is C14H19NO4. The molecule has 0 aromatic heterocycles. The Hall–Kier alpha value is -1.88. The molecule has 0 radical (unpaired) electrons. The summed E-state index contributed by atoms with van der Waals surface area (Å²) in [4.78, 5) is 23.3. The Kier molecular flexibility index (Phi) is 5.06. The first-order chi connectivity index (χ1) is 8.90. The van der Waals surface area contributed by atoms with Gasteiger partial charge < -0.3 is 15.5 Å². The summed E-state index contributed by atoms with van der Waals surface area (Å²) in [6.07, 6.45) is -0.170. The summed E-state index contributed by atoms with van der Waals surface area (Å²) in [5, 5.41) is 20.8. The highest BCUT2D eigenvalue weighted by Crippen LogP contribution is 2.27.